The molecule has 80 valence electrons. The Morgan fingerprint density at radius 2 is 2.27 bits per heavy atom. The van der Waals surface area contributed by atoms with Crippen LogP contribution in [0.4, 0.5) is 5.00 Å². The Morgan fingerprint density at radius 1 is 1.53 bits per heavy atom. The van der Waals surface area contributed by atoms with Gasteiger partial charge in [0.05, 0.1) is 10.6 Å². The molecule has 2 aromatic heterocycles. The number of anilines is 1. The van der Waals surface area contributed by atoms with Crippen LogP contribution in [0.2, 0.25) is 0 Å². The summed E-state index contributed by atoms with van der Waals surface area (Å²) in [6, 6.07) is 2.10. The number of hydrogen-bond acceptors (Lipinski definition) is 4. The second-order valence-corrected chi connectivity index (χ2v) is 4.62. The Hall–Kier alpha value is -1.36. The fourth-order valence-electron chi connectivity index (χ4n) is 1.55. The van der Waals surface area contributed by atoms with Crippen molar-refractivity contribution in [3.05, 3.63) is 16.8 Å². The number of nitrogens with two attached hydrogens (primary N) is 1. The maximum atomic E-state index is 5.96. The molecule has 0 aliphatic rings. The van der Waals surface area contributed by atoms with Crippen LogP contribution < -0.4 is 5.73 Å². The second kappa shape index (κ2) is 3.66. The maximum absolute atomic E-state index is 5.96. The molecule has 0 spiro atoms. The van der Waals surface area contributed by atoms with Crippen molar-refractivity contribution in [3.8, 4) is 11.4 Å². The lowest BCUT2D eigenvalue weighted by Crippen LogP contribution is -1.95. The summed E-state index contributed by atoms with van der Waals surface area (Å²) in [5, 5.41) is 5.04. The normalized spacial score (nSPS) is 10.9. The number of aromatic nitrogens is 3. The van der Waals surface area contributed by atoms with E-state index in [1.165, 1.54) is 4.88 Å². The first-order valence-electron chi connectivity index (χ1n) is 4.88. The van der Waals surface area contributed by atoms with Crippen LogP contribution >= 0.6 is 11.3 Å². The molecule has 0 saturated heterocycles. The Labute approximate surface area is 92.8 Å². The fourth-order valence-corrected chi connectivity index (χ4v) is 2.42. The van der Waals surface area contributed by atoms with E-state index in [4.69, 9.17) is 5.73 Å². The van der Waals surface area contributed by atoms with E-state index in [-0.39, 0.29) is 0 Å². The van der Waals surface area contributed by atoms with Gasteiger partial charge in [0.15, 0.2) is 5.82 Å². The molecule has 2 heterocycles. The van der Waals surface area contributed by atoms with Crippen molar-refractivity contribution in [1.29, 1.82) is 0 Å². The van der Waals surface area contributed by atoms with Gasteiger partial charge in [-0.25, -0.2) is 9.67 Å². The van der Waals surface area contributed by atoms with Crippen molar-refractivity contribution in [2.75, 3.05) is 5.73 Å². The van der Waals surface area contributed by atoms with Gasteiger partial charge in [-0.3, -0.25) is 0 Å². The van der Waals surface area contributed by atoms with Crippen LogP contribution in [-0.2, 0) is 13.5 Å². The molecular formula is C10H14N4S. The van der Waals surface area contributed by atoms with Gasteiger partial charge in [0.25, 0.3) is 0 Å². The van der Waals surface area contributed by atoms with Gasteiger partial charge in [0.2, 0.25) is 0 Å². The zero-order chi connectivity index (χ0) is 11.0. The van der Waals surface area contributed by atoms with Crippen molar-refractivity contribution in [3.63, 3.8) is 0 Å². The summed E-state index contributed by atoms with van der Waals surface area (Å²) in [4.78, 5) is 5.65. The SMILES string of the molecule is CCc1cc(-c2nc(C)nn2C)c(N)s1. The van der Waals surface area contributed by atoms with Crippen molar-refractivity contribution < 1.29 is 0 Å². The molecule has 0 bridgehead atoms. The zero-order valence-electron chi connectivity index (χ0n) is 9.11. The van der Waals surface area contributed by atoms with E-state index < -0.39 is 0 Å². The minimum Gasteiger partial charge on any atom is -0.390 e. The van der Waals surface area contributed by atoms with E-state index in [1.807, 2.05) is 14.0 Å². The molecule has 2 N–H and O–H groups in total. The summed E-state index contributed by atoms with van der Waals surface area (Å²) < 4.78 is 1.77. The summed E-state index contributed by atoms with van der Waals surface area (Å²) in [6.07, 6.45) is 1.01. The monoisotopic (exact) mass is 222 g/mol. The number of rotatable bonds is 2. The average molecular weight is 222 g/mol. The molecule has 0 saturated carbocycles. The van der Waals surface area contributed by atoms with E-state index in [2.05, 4.69) is 23.1 Å². The lowest BCUT2D eigenvalue weighted by Gasteiger charge is -1.97. The summed E-state index contributed by atoms with van der Waals surface area (Å²) in [5.41, 5.74) is 6.96. The Bertz CT molecular complexity index is 484. The quantitative estimate of drug-likeness (QED) is 0.845. The summed E-state index contributed by atoms with van der Waals surface area (Å²) >= 11 is 1.62. The van der Waals surface area contributed by atoms with Crippen LogP contribution in [-0.4, -0.2) is 14.8 Å². The molecule has 2 aromatic rings. The fraction of sp³-hybridized carbons (Fsp3) is 0.400. The van der Waals surface area contributed by atoms with Gasteiger partial charge in [-0.05, 0) is 19.4 Å². The highest BCUT2D eigenvalue weighted by Gasteiger charge is 2.13. The highest BCUT2D eigenvalue weighted by molar-refractivity contribution is 7.16. The minimum absolute atomic E-state index is 0.774. The standard InChI is InChI=1S/C10H14N4S/c1-4-7-5-8(9(11)15-7)10-12-6(2)13-14(10)3/h5H,4,11H2,1-3H3. The predicted octanol–water partition coefficient (Wildman–Crippen LogP) is 2.00. The highest BCUT2D eigenvalue weighted by Crippen LogP contribution is 2.32. The molecule has 0 amide bonds. The molecule has 0 atom stereocenters. The minimum atomic E-state index is 0.774. The predicted molar refractivity (Wildman–Crippen MR) is 62.8 cm³/mol. The van der Waals surface area contributed by atoms with Crippen molar-refractivity contribution in [1.82, 2.24) is 14.8 Å². The number of nitrogens with zero attached hydrogens (tertiary/aromatic N) is 3. The van der Waals surface area contributed by atoms with E-state index >= 15 is 0 Å². The van der Waals surface area contributed by atoms with Crippen molar-refractivity contribution in [2.24, 2.45) is 7.05 Å². The Balaban J connectivity index is 2.53. The van der Waals surface area contributed by atoms with E-state index in [0.717, 1.165) is 28.6 Å². The molecule has 0 unspecified atom stereocenters. The van der Waals surface area contributed by atoms with Gasteiger partial charge in [-0.1, -0.05) is 6.92 Å². The van der Waals surface area contributed by atoms with Crippen LogP contribution in [0, 0.1) is 6.92 Å². The third-order valence-corrected chi connectivity index (χ3v) is 3.38. The number of aryl methyl sites for hydroxylation is 3. The van der Waals surface area contributed by atoms with Gasteiger partial charge in [-0.15, -0.1) is 11.3 Å². The average Bonchev–Trinajstić information content (AvgIpc) is 2.69. The molecule has 0 aliphatic heterocycles. The van der Waals surface area contributed by atoms with E-state index in [1.54, 1.807) is 16.0 Å². The first-order valence-corrected chi connectivity index (χ1v) is 5.69. The molecule has 2 rings (SSSR count). The highest BCUT2D eigenvalue weighted by atomic mass is 32.1. The largest absolute Gasteiger partial charge is 0.390 e. The molecule has 5 heteroatoms. The van der Waals surface area contributed by atoms with Gasteiger partial charge >= 0.3 is 0 Å². The van der Waals surface area contributed by atoms with Gasteiger partial charge in [0, 0.05) is 11.9 Å². The smallest absolute Gasteiger partial charge is 0.161 e. The lowest BCUT2D eigenvalue weighted by atomic mass is 10.2. The van der Waals surface area contributed by atoms with Crippen LogP contribution in [0.3, 0.4) is 0 Å². The number of nitrogen functional groups attached to an aromatic ring is 1. The molecule has 4 nitrogen and oxygen atoms in total. The second-order valence-electron chi connectivity index (χ2n) is 3.45. The van der Waals surface area contributed by atoms with Gasteiger partial charge < -0.3 is 5.73 Å². The Morgan fingerprint density at radius 3 is 2.73 bits per heavy atom. The van der Waals surface area contributed by atoms with Crippen LogP contribution in [0.5, 0.6) is 0 Å². The van der Waals surface area contributed by atoms with Crippen LogP contribution in [0.25, 0.3) is 11.4 Å². The van der Waals surface area contributed by atoms with Crippen molar-refractivity contribution in [2.45, 2.75) is 20.3 Å². The van der Waals surface area contributed by atoms with Crippen LogP contribution in [0.1, 0.15) is 17.6 Å². The first-order chi connectivity index (χ1) is 7.11. The molecule has 0 radical (unpaired) electrons. The summed E-state index contributed by atoms with van der Waals surface area (Å²) in [7, 11) is 1.89. The maximum Gasteiger partial charge on any atom is 0.161 e. The Kier molecular flexibility index (Phi) is 2.48. The summed E-state index contributed by atoms with van der Waals surface area (Å²) in [5.74, 6) is 1.62. The topological polar surface area (TPSA) is 56.7 Å². The molecule has 15 heavy (non-hydrogen) atoms. The molecule has 0 aromatic carbocycles. The number of hydrogen-bond donors (Lipinski definition) is 1. The van der Waals surface area contributed by atoms with Gasteiger partial charge in [-0.2, -0.15) is 5.10 Å². The molecule has 0 aliphatic carbocycles. The molecular weight excluding hydrogens is 208 g/mol. The zero-order valence-corrected chi connectivity index (χ0v) is 9.93. The first kappa shape index (κ1) is 10.2. The van der Waals surface area contributed by atoms with E-state index in [9.17, 15) is 0 Å². The van der Waals surface area contributed by atoms with Crippen LogP contribution in [0.15, 0.2) is 6.07 Å². The third-order valence-electron chi connectivity index (χ3n) is 2.27. The number of thiophene rings is 1. The third kappa shape index (κ3) is 1.74. The van der Waals surface area contributed by atoms with Gasteiger partial charge in [0.1, 0.15) is 5.82 Å². The van der Waals surface area contributed by atoms with E-state index in [0.29, 0.717) is 0 Å². The molecule has 0 fully saturated rings. The lowest BCUT2D eigenvalue weighted by molar-refractivity contribution is 0.764. The van der Waals surface area contributed by atoms with Crippen molar-refractivity contribution >= 4 is 16.3 Å². The summed E-state index contributed by atoms with van der Waals surface area (Å²) in [6.45, 7) is 4.00.